The molecule has 0 aliphatic heterocycles. The lowest BCUT2D eigenvalue weighted by Crippen LogP contribution is -2.16. The van der Waals surface area contributed by atoms with Gasteiger partial charge in [0.25, 0.3) is 0 Å². The van der Waals surface area contributed by atoms with Gasteiger partial charge in [-0.15, -0.1) is 0 Å². The number of furan rings is 1. The Morgan fingerprint density at radius 1 is 1.06 bits per heavy atom. The summed E-state index contributed by atoms with van der Waals surface area (Å²) in [5, 5.41) is 4.88. The van der Waals surface area contributed by atoms with Gasteiger partial charge in [0.2, 0.25) is 0 Å². The molecule has 35 heavy (non-hydrogen) atoms. The van der Waals surface area contributed by atoms with E-state index in [1.54, 1.807) is 6.07 Å². The third-order valence-corrected chi connectivity index (χ3v) is 7.12. The molecule has 1 amide bonds. The zero-order valence-electron chi connectivity index (χ0n) is 18.3. The van der Waals surface area contributed by atoms with Crippen molar-refractivity contribution in [1.82, 2.24) is 5.43 Å². The zero-order valence-corrected chi connectivity index (χ0v) is 25.2. The van der Waals surface area contributed by atoms with Crippen LogP contribution in [0.5, 0.6) is 11.5 Å². The number of carbonyl (C=O) groups excluding carboxylic acids is 1. The largest absolute Gasteiger partial charge is 0.490 e. The minimum atomic E-state index is -0.456. The van der Waals surface area contributed by atoms with Crippen LogP contribution >= 0.6 is 70.4 Å². The number of halogens is 4. The van der Waals surface area contributed by atoms with Crippen LogP contribution in [-0.4, -0.2) is 18.7 Å². The molecule has 0 bridgehead atoms. The molecule has 3 aromatic carbocycles. The normalized spacial score (nSPS) is 11.2. The SMILES string of the molecule is CCOc1cc(/C=N\NC(=O)c2cc3cc(Br)cc(Br)c3o2)cc(Br)c1OCc1ccc(I)cc1. The molecule has 10 heteroatoms. The smallest absolute Gasteiger partial charge is 0.307 e. The van der Waals surface area contributed by atoms with Gasteiger partial charge in [-0.2, -0.15) is 5.10 Å². The number of hydrazone groups is 1. The van der Waals surface area contributed by atoms with Crippen LogP contribution in [0.2, 0.25) is 0 Å². The number of nitrogens with one attached hydrogen (secondary N) is 1. The molecule has 180 valence electrons. The first-order valence-electron chi connectivity index (χ1n) is 10.4. The number of rotatable bonds is 8. The Labute approximate surface area is 241 Å². The van der Waals surface area contributed by atoms with E-state index in [1.807, 2.05) is 55.5 Å². The van der Waals surface area contributed by atoms with Gasteiger partial charge in [-0.1, -0.05) is 28.1 Å². The van der Waals surface area contributed by atoms with Crippen molar-refractivity contribution in [2.24, 2.45) is 5.10 Å². The van der Waals surface area contributed by atoms with E-state index in [0.717, 1.165) is 29.9 Å². The van der Waals surface area contributed by atoms with Crippen molar-refractivity contribution in [3.63, 3.8) is 0 Å². The van der Waals surface area contributed by atoms with Gasteiger partial charge in [0, 0.05) is 13.4 Å². The van der Waals surface area contributed by atoms with E-state index in [1.165, 1.54) is 9.78 Å². The van der Waals surface area contributed by atoms with Crippen LogP contribution in [0.25, 0.3) is 11.0 Å². The maximum atomic E-state index is 12.5. The number of hydrogen-bond donors (Lipinski definition) is 1. The summed E-state index contributed by atoms with van der Waals surface area (Å²) in [6, 6.07) is 17.2. The van der Waals surface area contributed by atoms with Crippen molar-refractivity contribution < 1.29 is 18.7 Å². The van der Waals surface area contributed by atoms with Gasteiger partial charge < -0.3 is 13.9 Å². The number of amides is 1. The van der Waals surface area contributed by atoms with Crippen molar-refractivity contribution in [3.8, 4) is 11.5 Å². The molecular formula is C25H18Br3IN2O4. The number of hydrogen-bond acceptors (Lipinski definition) is 5. The maximum absolute atomic E-state index is 12.5. The summed E-state index contributed by atoms with van der Waals surface area (Å²) in [6.07, 6.45) is 1.53. The van der Waals surface area contributed by atoms with Crippen LogP contribution in [0.15, 0.2) is 77.5 Å². The Morgan fingerprint density at radius 3 is 2.57 bits per heavy atom. The molecule has 0 saturated carbocycles. The molecule has 4 aromatic rings. The summed E-state index contributed by atoms with van der Waals surface area (Å²) in [7, 11) is 0. The van der Waals surface area contributed by atoms with Crippen LogP contribution in [0.3, 0.4) is 0 Å². The quantitative estimate of drug-likeness (QED) is 0.112. The van der Waals surface area contributed by atoms with Crippen molar-refractivity contribution in [2.75, 3.05) is 6.61 Å². The van der Waals surface area contributed by atoms with Crippen molar-refractivity contribution in [1.29, 1.82) is 0 Å². The van der Waals surface area contributed by atoms with Gasteiger partial charge in [0.05, 0.1) is 21.8 Å². The summed E-state index contributed by atoms with van der Waals surface area (Å²) in [4.78, 5) is 12.5. The minimum absolute atomic E-state index is 0.159. The second kappa shape index (κ2) is 11.9. The third-order valence-electron chi connectivity index (χ3n) is 4.77. The van der Waals surface area contributed by atoms with E-state index in [-0.39, 0.29) is 5.76 Å². The summed E-state index contributed by atoms with van der Waals surface area (Å²) in [6.45, 7) is 2.78. The maximum Gasteiger partial charge on any atom is 0.307 e. The number of ether oxygens (including phenoxy) is 2. The van der Waals surface area contributed by atoms with Crippen LogP contribution in [0, 0.1) is 3.57 Å². The Balaban J connectivity index is 1.47. The molecule has 1 heterocycles. The molecule has 0 fully saturated rings. The average Bonchev–Trinajstić information content (AvgIpc) is 3.24. The summed E-state index contributed by atoms with van der Waals surface area (Å²) in [5.74, 6) is 0.881. The highest BCUT2D eigenvalue weighted by atomic mass is 127. The molecular weight excluding hydrogens is 759 g/mol. The zero-order chi connectivity index (χ0) is 24.9. The van der Waals surface area contributed by atoms with Gasteiger partial charge >= 0.3 is 5.91 Å². The first-order chi connectivity index (χ1) is 16.8. The second-order valence-corrected chi connectivity index (χ2v) is 11.2. The molecule has 0 saturated heterocycles. The predicted octanol–water partition coefficient (Wildman–Crippen LogP) is 8.07. The van der Waals surface area contributed by atoms with E-state index in [0.29, 0.717) is 30.3 Å². The monoisotopic (exact) mass is 774 g/mol. The molecule has 6 nitrogen and oxygen atoms in total. The number of fused-ring (bicyclic) bond motifs is 1. The van der Waals surface area contributed by atoms with Gasteiger partial charge in [0.1, 0.15) is 12.2 Å². The Kier molecular flexibility index (Phi) is 8.90. The molecule has 0 spiro atoms. The number of benzene rings is 3. The Morgan fingerprint density at radius 2 is 1.83 bits per heavy atom. The van der Waals surface area contributed by atoms with E-state index < -0.39 is 5.91 Å². The lowest BCUT2D eigenvalue weighted by molar-refractivity contribution is 0.0929. The van der Waals surface area contributed by atoms with E-state index in [2.05, 4.69) is 80.9 Å². The highest BCUT2D eigenvalue weighted by molar-refractivity contribution is 14.1. The molecule has 1 N–H and O–H groups in total. The fourth-order valence-electron chi connectivity index (χ4n) is 3.21. The summed E-state index contributed by atoms with van der Waals surface area (Å²) in [5.41, 5.74) is 4.87. The Bertz CT molecular complexity index is 1400. The first kappa shape index (κ1) is 26.2. The lowest BCUT2D eigenvalue weighted by Gasteiger charge is -2.14. The summed E-state index contributed by atoms with van der Waals surface area (Å²) >= 11 is 12.7. The fourth-order valence-corrected chi connectivity index (χ4v) is 5.48. The lowest BCUT2D eigenvalue weighted by atomic mass is 10.2. The Hall–Kier alpha value is -1.89. The minimum Gasteiger partial charge on any atom is -0.490 e. The molecule has 0 radical (unpaired) electrons. The van der Waals surface area contributed by atoms with Gasteiger partial charge in [0.15, 0.2) is 17.3 Å². The molecule has 0 aliphatic rings. The van der Waals surface area contributed by atoms with Crippen LogP contribution in [0.1, 0.15) is 28.6 Å². The fraction of sp³-hybridized carbons (Fsp3) is 0.120. The van der Waals surface area contributed by atoms with E-state index in [4.69, 9.17) is 13.9 Å². The molecule has 4 rings (SSSR count). The summed E-state index contributed by atoms with van der Waals surface area (Å²) < 4.78 is 21.0. The number of nitrogens with zero attached hydrogens (tertiary/aromatic N) is 1. The highest BCUT2D eigenvalue weighted by Crippen LogP contribution is 2.37. The molecule has 0 aliphatic carbocycles. The van der Waals surface area contributed by atoms with E-state index >= 15 is 0 Å². The van der Waals surface area contributed by atoms with Crippen LogP contribution in [0.4, 0.5) is 0 Å². The topological polar surface area (TPSA) is 73.1 Å². The third kappa shape index (κ3) is 6.66. The van der Waals surface area contributed by atoms with Crippen molar-refractivity contribution >= 4 is 93.5 Å². The van der Waals surface area contributed by atoms with Gasteiger partial charge in [-0.25, -0.2) is 5.43 Å². The molecule has 1 aromatic heterocycles. The standard InChI is InChI=1S/C25H18Br3IN2O4/c1-2-33-21-8-15(7-19(27)24(21)34-13-14-3-5-18(29)6-4-14)12-30-31-25(32)22-10-16-9-17(26)11-20(28)23(16)35-22/h3-12H,2,13H2,1H3,(H,31,32)/b30-12-. The average molecular weight is 777 g/mol. The van der Waals surface area contributed by atoms with Crippen molar-refractivity contribution in [3.05, 3.63) is 88.5 Å². The van der Waals surface area contributed by atoms with Gasteiger partial charge in [-0.3, -0.25) is 4.79 Å². The predicted molar refractivity (Wildman–Crippen MR) is 155 cm³/mol. The van der Waals surface area contributed by atoms with Crippen LogP contribution < -0.4 is 14.9 Å². The van der Waals surface area contributed by atoms with Crippen molar-refractivity contribution in [2.45, 2.75) is 13.5 Å². The molecule has 0 unspecified atom stereocenters. The van der Waals surface area contributed by atoms with Gasteiger partial charge in [-0.05, 0) is 115 Å². The van der Waals surface area contributed by atoms with Crippen LogP contribution in [-0.2, 0) is 6.61 Å². The molecule has 0 atom stereocenters. The highest BCUT2D eigenvalue weighted by Gasteiger charge is 2.15. The second-order valence-electron chi connectivity index (χ2n) is 7.29. The first-order valence-corrected chi connectivity index (χ1v) is 13.9. The van der Waals surface area contributed by atoms with E-state index in [9.17, 15) is 4.79 Å². The number of carbonyl (C=O) groups is 1.